The van der Waals surface area contributed by atoms with E-state index in [2.05, 4.69) is 5.32 Å². The minimum Gasteiger partial charge on any atom is -0.492 e. The van der Waals surface area contributed by atoms with Crippen LogP contribution >= 0.6 is 11.6 Å². The lowest BCUT2D eigenvalue weighted by atomic mass is 10.2. The molecule has 0 saturated carbocycles. The van der Waals surface area contributed by atoms with Gasteiger partial charge in [-0.1, -0.05) is 48.4 Å². The minimum absolute atomic E-state index is 0.176. The van der Waals surface area contributed by atoms with Gasteiger partial charge in [0, 0.05) is 0 Å². The number of amides is 1. The van der Waals surface area contributed by atoms with Crippen LogP contribution in [0.15, 0.2) is 48.5 Å². The quantitative estimate of drug-likeness (QED) is 0.734. The Labute approximate surface area is 147 Å². The fraction of sp³-hybridized carbons (Fsp3) is 0.316. The highest BCUT2D eigenvalue weighted by Gasteiger charge is 2.18. The molecule has 0 bridgehead atoms. The summed E-state index contributed by atoms with van der Waals surface area (Å²) in [6.45, 7) is 4.73. The lowest BCUT2D eigenvalue weighted by Crippen LogP contribution is -2.39. The zero-order valence-electron chi connectivity index (χ0n) is 13.9. The van der Waals surface area contributed by atoms with E-state index in [1.54, 1.807) is 12.1 Å². The second-order valence-electron chi connectivity index (χ2n) is 5.40. The predicted molar refractivity (Wildman–Crippen MR) is 95.8 cm³/mol. The molecule has 1 N–H and O–H groups in total. The van der Waals surface area contributed by atoms with Gasteiger partial charge in [-0.2, -0.15) is 0 Å². The fourth-order valence-corrected chi connectivity index (χ4v) is 2.29. The monoisotopic (exact) mass is 347 g/mol. The molecule has 24 heavy (non-hydrogen) atoms. The van der Waals surface area contributed by atoms with Crippen molar-refractivity contribution in [3.05, 3.63) is 59.1 Å². The molecular formula is C19H22ClNO3. The Bertz CT molecular complexity index is 658. The molecule has 2 rings (SSSR count). The molecule has 0 aliphatic carbocycles. The van der Waals surface area contributed by atoms with Gasteiger partial charge >= 0.3 is 0 Å². The Morgan fingerprint density at radius 1 is 1.17 bits per heavy atom. The third-order valence-corrected chi connectivity index (χ3v) is 3.77. The number of carbonyl (C=O) groups excluding carboxylic acids is 1. The molecule has 1 atom stereocenters. The number of benzene rings is 2. The van der Waals surface area contributed by atoms with Crippen molar-refractivity contribution >= 4 is 17.5 Å². The number of rotatable bonds is 8. The molecule has 0 aliphatic heterocycles. The molecular weight excluding hydrogens is 326 g/mol. The summed E-state index contributed by atoms with van der Waals surface area (Å²) < 4.78 is 11.3. The van der Waals surface area contributed by atoms with Gasteiger partial charge in [-0.05, 0) is 37.6 Å². The maximum absolute atomic E-state index is 12.2. The highest BCUT2D eigenvalue weighted by Crippen LogP contribution is 2.24. The maximum atomic E-state index is 12.2. The maximum Gasteiger partial charge on any atom is 0.261 e. The topological polar surface area (TPSA) is 47.6 Å². The van der Waals surface area contributed by atoms with Gasteiger partial charge in [-0.3, -0.25) is 4.79 Å². The van der Waals surface area contributed by atoms with Crippen LogP contribution in [0.1, 0.15) is 18.9 Å². The molecule has 0 fully saturated rings. The van der Waals surface area contributed by atoms with E-state index in [1.165, 1.54) is 5.56 Å². The number of hydrogen-bond donors (Lipinski definition) is 1. The van der Waals surface area contributed by atoms with Crippen LogP contribution in [0.5, 0.6) is 11.5 Å². The normalized spacial score (nSPS) is 11.6. The van der Waals surface area contributed by atoms with Gasteiger partial charge in [0.2, 0.25) is 0 Å². The van der Waals surface area contributed by atoms with E-state index in [9.17, 15) is 4.79 Å². The molecule has 5 heteroatoms. The van der Waals surface area contributed by atoms with E-state index in [0.717, 1.165) is 5.75 Å². The van der Waals surface area contributed by atoms with Crippen LogP contribution in [-0.4, -0.2) is 25.2 Å². The van der Waals surface area contributed by atoms with Crippen molar-refractivity contribution in [1.82, 2.24) is 5.32 Å². The Kier molecular flexibility index (Phi) is 6.94. The van der Waals surface area contributed by atoms with Crippen molar-refractivity contribution in [2.45, 2.75) is 26.4 Å². The van der Waals surface area contributed by atoms with Crippen LogP contribution in [0.2, 0.25) is 5.02 Å². The lowest BCUT2D eigenvalue weighted by Gasteiger charge is -2.18. The summed E-state index contributed by atoms with van der Waals surface area (Å²) in [4.78, 5) is 12.2. The second kappa shape index (κ2) is 9.18. The summed E-state index contributed by atoms with van der Waals surface area (Å²) in [5.74, 6) is 1.12. The second-order valence-corrected chi connectivity index (χ2v) is 5.80. The van der Waals surface area contributed by atoms with Crippen LogP contribution in [0.4, 0.5) is 0 Å². The molecule has 2 aromatic rings. The Balaban J connectivity index is 1.77. The molecule has 2 aromatic carbocycles. The Morgan fingerprint density at radius 3 is 2.54 bits per heavy atom. The molecule has 128 valence electrons. The standard InChI is InChI=1S/C19H22ClNO3/c1-3-17(24-18-7-5-4-6-16(18)20)19(22)21-12-13-23-15-10-8-14(2)9-11-15/h4-11,17H,3,12-13H2,1-2H3,(H,21,22)/t17-/m1/s1. The van der Waals surface area contributed by atoms with Crippen molar-refractivity contribution in [2.24, 2.45) is 0 Å². The van der Waals surface area contributed by atoms with Gasteiger partial charge < -0.3 is 14.8 Å². The molecule has 0 heterocycles. The third-order valence-electron chi connectivity index (χ3n) is 3.46. The first-order valence-electron chi connectivity index (χ1n) is 7.98. The van der Waals surface area contributed by atoms with Crippen LogP contribution in [0.3, 0.4) is 0 Å². The van der Waals surface area contributed by atoms with E-state index in [4.69, 9.17) is 21.1 Å². The van der Waals surface area contributed by atoms with Crippen LogP contribution in [0, 0.1) is 6.92 Å². The smallest absolute Gasteiger partial charge is 0.261 e. The summed E-state index contributed by atoms with van der Waals surface area (Å²) >= 11 is 6.06. The van der Waals surface area contributed by atoms with Gasteiger partial charge in [-0.15, -0.1) is 0 Å². The first kappa shape index (κ1) is 18.1. The zero-order valence-corrected chi connectivity index (χ0v) is 14.7. The molecule has 0 saturated heterocycles. The summed E-state index contributed by atoms with van der Waals surface area (Å²) in [6.07, 6.45) is -0.0279. The van der Waals surface area contributed by atoms with Crippen molar-refractivity contribution in [3.8, 4) is 11.5 Å². The minimum atomic E-state index is -0.579. The van der Waals surface area contributed by atoms with Gasteiger partial charge in [-0.25, -0.2) is 0 Å². The van der Waals surface area contributed by atoms with E-state index >= 15 is 0 Å². The Morgan fingerprint density at radius 2 is 1.88 bits per heavy atom. The average Bonchev–Trinajstić information content (AvgIpc) is 2.59. The number of aryl methyl sites for hydroxylation is 1. The van der Waals surface area contributed by atoms with Crippen LogP contribution in [-0.2, 0) is 4.79 Å². The van der Waals surface area contributed by atoms with Crippen molar-refractivity contribution < 1.29 is 14.3 Å². The molecule has 0 aliphatic rings. The van der Waals surface area contributed by atoms with E-state index < -0.39 is 6.10 Å². The molecule has 1 amide bonds. The van der Waals surface area contributed by atoms with Crippen LogP contribution in [0.25, 0.3) is 0 Å². The van der Waals surface area contributed by atoms with Crippen molar-refractivity contribution in [3.63, 3.8) is 0 Å². The fourth-order valence-electron chi connectivity index (χ4n) is 2.11. The number of halogens is 1. The average molecular weight is 348 g/mol. The molecule has 0 spiro atoms. The zero-order chi connectivity index (χ0) is 17.4. The van der Waals surface area contributed by atoms with Gasteiger partial charge in [0.05, 0.1) is 11.6 Å². The van der Waals surface area contributed by atoms with E-state index in [-0.39, 0.29) is 5.91 Å². The van der Waals surface area contributed by atoms with Crippen LogP contribution < -0.4 is 14.8 Å². The molecule has 0 aromatic heterocycles. The van der Waals surface area contributed by atoms with E-state index in [0.29, 0.717) is 30.3 Å². The molecule has 4 nitrogen and oxygen atoms in total. The first-order chi connectivity index (χ1) is 11.6. The predicted octanol–water partition coefficient (Wildman–Crippen LogP) is 4.00. The highest BCUT2D eigenvalue weighted by molar-refractivity contribution is 6.32. The largest absolute Gasteiger partial charge is 0.492 e. The molecule has 0 unspecified atom stereocenters. The Hall–Kier alpha value is -2.20. The van der Waals surface area contributed by atoms with E-state index in [1.807, 2.05) is 50.2 Å². The summed E-state index contributed by atoms with van der Waals surface area (Å²) in [6, 6.07) is 14.9. The molecule has 0 radical (unpaired) electrons. The van der Waals surface area contributed by atoms with Crippen molar-refractivity contribution in [1.29, 1.82) is 0 Å². The number of ether oxygens (including phenoxy) is 2. The SMILES string of the molecule is CC[C@@H](Oc1ccccc1Cl)C(=O)NCCOc1ccc(C)cc1. The van der Waals surface area contributed by atoms with Crippen molar-refractivity contribution in [2.75, 3.05) is 13.2 Å². The summed E-state index contributed by atoms with van der Waals surface area (Å²) in [7, 11) is 0. The van der Waals surface area contributed by atoms with Gasteiger partial charge in [0.1, 0.15) is 18.1 Å². The van der Waals surface area contributed by atoms with Gasteiger partial charge in [0.25, 0.3) is 5.91 Å². The number of para-hydroxylation sites is 1. The number of carbonyl (C=O) groups is 1. The highest BCUT2D eigenvalue weighted by atomic mass is 35.5. The summed E-state index contributed by atoms with van der Waals surface area (Å²) in [5.41, 5.74) is 1.18. The third kappa shape index (κ3) is 5.46. The number of nitrogens with one attached hydrogen (secondary N) is 1. The van der Waals surface area contributed by atoms with Gasteiger partial charge in [0.15, 0.2) is 6.10 Å². The number of hydrogen-bond acceptors (Lipinski definition) is 3. The first-order valence-corrected chi connectivity index (χ1v) is 8.36. The lowest BCUT2D eigenvalue weighted by molar-refractivity contribution is -0.128. The summed E-state index contributed by atoms with van der Waals surface area (Å²) in [5, 5.41) is 3.32.